The Morgan fingerprint density at radius 2 is 1.85 bits per heavy atom. The van der Waals surface area contributed by atoms with Crippen molar-refractivity contribution in [3.63, 3.8) is 0 Å². The van der Waals surface area contributed by atoms with E-state index in [1.165, 1.54) is 70.9 Å². The zero-order valence-corrected chi connectivity index (χ0v) is 14.0. The van der Waals surface area contributed by atoms with Crippen molar-refractivity contribution >= 4 is 0 Å². The summed E-state index contributed by atoms with van der Waals surface area (Å²) < 4.78 is 0. The minimum Gasteiger partial charge on any atom is -0.314 e. The minimum absolute atomic E-state index is 0.769. The van der Waals surface area contributed by atoms with Gasteiger partial charge < -0.3 is 5.32 Å². The van der Waals surface area contributed by atoms with Crippen molar-refractivity contribution in [2.45, 2.75) is 96.7 Å². The van der Waals surface area contributed by atoms with Gasteiger partial charge in [0.25, 0.3) is 0 Å². The molecule has 2 fully saturated rings. The maximum atomic E-state index is 3.73. The van der Waals surface area contributed by atoms with E-state index in [1.54, 1.807) is 0 Å². The highest BCUT2D eigenvalue weighted by Crippen LogP contribution is 2.33. The largest absolute Gasteiger partial charge is 0.314 e. The standard InChI is InChI=1S/C18H36N2/c1-4-12-19-17-11-13-20(15(3)14-17)18(5-2)16-9-7-6-8-10-16/h15-19H,4-14H2,1-3H3. The molecule has 1 aliphatic carbocycles. The molecular weight excluding hydrogens is 244 g/mol. The maximum Gasteiger partial charge on any atom is 0.0124 e. The Morgan fingerprint density at radius 1 is 1.10 bits per heavy atom. The number of hydrogen-bond donors (Lipinski definition) is 1. The Labute approximate surface area is 126 Å². The van der Waals surface area contributed by atoms with Crippen LogP contribution in [-0.2, 0) is 0 Å². The Hall–Kier alpha value is -0.0800. The summed E-state index contributed by atoms with van der Waals surface area (Å²) >= 11 is 0. The molecule has 2 aliphatic rings. The molecule has 1 N–H and O–H groups in total. The molecule has 0 bridgehead atoms. The highest BCUT2D eigenvalue weighted by molar-refractivity contribution is 4.89. The topological polar surface area (TPSA) is 15.3 Å². The summed E-state index contributed by atoms with van der Waals surface area (Å²) in [5.41, 5.74) is 0. The fraction of sp³-hybridized carbons (Fsp3) is 1.00. The van der Waals surface area contributed by atoms with Gasteiger partial charge in [0.2, 0.25) is 0 Å². The molecule has 0 aromatic heterocycles. The Kier molecular flexibility index (Phi) is 6.83. The lowest BCUT2D eigenvalue weighted by Gasteiger charge is -2.46. The molecule has 20 heavy (non-hydrogen) atoms. The molecule has 1 saturated carbocycles. The third-order valence-electron chi connectivity index (χ3n) is 5.65. The second kappa shape index (κ2) is 8.38. The lowest BCUT2D eigenvalue weighted by Crippen LogP contribution is -2.53. The summed E-state index contributed by atoms with van der Waals surface area (Å²) in [4.78, 5) is 2.86. The maximum absolute atomic E-state index is 3.73. The van der Waals surface area contributed by atoms with Gasteiger partial charge in [-0.05, 0) is 57.9 Å². The van der Waals surface area contributed by atoms with Gasteiger partial charge in [0.15, 0.2) is 0 Å². The first-order chi connectivity index (χ1) is 9.76. The van der Waals surface area contributed by atoms with E-state index in [0.717, 1.165) is 24.0 Å². The zero-order valence-electron chi connectivity index (χ0n) is 14.0. The zero-order chi connectivity index (χ0) is 14.4. The molecule has 1 heterocycles. The molecule has 3 unspecified atom stereocenters. The quantitative estimate of drug-likeness (QED) is 0.784. The summed E-state index contributed by atoms with van der Waals surface area (Å²) in [6.45, 7) is 9.65. The van der Waals surface area contributed by atoms with E-state index in [1.807, 2.05) is 0 Å². The number of likely N-dealkylation sites (tertiary alicyclic amines) is 1. The van der Waals surface area contributed by atoms with Crippen LogP contribution in [0.2, 0.25) is 0 Å². The second-order valence-electron chi connectivity index (χ2n) is 7.14. The van der Waals surface area contributed by atoms with Crippen LogP contribution >= 0.6 is 0 Å². The highest BCUT2D eigenvalue weighted by atomic mass is 15.2. The predicted molar refractivity (Wildman–Crippen MR) is 88.1 cm³/mol. The smallest absolute Gasteiger partial charge is 0.0124 e. The molecule has 1 aliphatic heterocycles. The van der Waals surface area contributed by atoms with E-state index in [9.17, 15) is 0 Å². The number of piperidine rings is 1. The van der Waals surface area contributed by atoms with Crippen LogP contribution in [0.1, 0.15) is 78.6 Å². The van der Waals surface area contributed by atoms with Crippen molar-refractivity contribution in [3.05, 3.63) is 0 Å². The molecule has 0 spiro atoms. The molecule has 1 saturated heterocycles. The summed E-state index contributed by atoms with van der Waals surface area (Å²) in [5, 5.41) is 3.73. The van der Waals surface area contributed by atoms with Crippen LogP contribution < -0.4 is 5.32 Å². The van der Waals surface area contributed by atoms with E-state index in [4.69, 9.17) is 0 Å². The molecule has 0 radical (unpaired) electrons. The molecule has 2 heteroatoms. The van der Waals surface area contributed by atoms with Gasteiger partial charge in [0, 0.05) is 24.7 Å². The van der Waals surface area contributed by atoms with E-state index in [-0.39, 0.29) is 0 Å². The van der Waals surface area contributed by atoms with Gasteiger partial charge in [0.1, 0.15) is 0 Å². The van der Waals surface area contributed by atoms with Crippen molar-refractivity contribution in [2.75, 3.05) is 13.1 Å². The third kappa shape index (κ3) is 4.21. The highest BCUT2D eigenvalue weighted by Gasteiger charge is 2.33. The molecule has 0 aromatic rings. The molecule has 2 rings (SSSR count). The molecule has 118 valence electrons. The van der Waals surface area contributed by atoms with Gasteiger partial charge >= 0.3 is 0 Å². The summed E-state index contributed by atoms with van der Waals surface area (Å²) in [6.07, 6.45) is 12.7. The van der Waals surface area contributed by atoms with Crippen molar-refractivity contribution < 1.29 is 0 Å². The summed E-state index contributed by atoms with van der Waals surface area (Å²) in [5.74, 6) is 0.983. The molecule has 0 aromatic carbocycles. The SMILES string of the molecule is CCCNC1CCN(C(CC)C2CCCCC2)C(C)C1. The van der Waals surface area contributed by atoms with Gasteiger partial charge in [-0.25, -0.2) is 0 Å². The Morgan fingerprint density at radius 3 is 2.45 bits per heavy atom. The van der Waals surface area contributed by atoms with Crippen LogP contribution in [0.15, 0.2) is 0 Å². The summed E-state index contributed by atoms with van der Waals surface area (Å²) in [6, 6.07) is 2.40. The van der Waals surface area contributed by atoms with Crippen LogP contribution in [-0.4, -0.2) is 36.1 Å². The van der Waals surface area contributed by atoms with Crippen LogP contribution in [0.3, 0.4) is 0 Å². The number of hydrogen-bond acceptors (Lipinski definition) is 2. The van der Waals surface area contributed by atoms with Crippen LogP contribution in [0.5, 0.6) is 0 Å². The first-order valence-electron chi connectivity index (χ1n) is 9.25. The monoisotopic (exact) mass is 280 g/mol. The average molecular weight is 280 g/mol. The first kappa shape index (κ1) is 16.3. The van der Waals surface area contributed by atoms with Crippen LogP contribution in [0.4, 0.5) is 0 Å². The van der Waals surface area contributed by atoms with Crippen molar-refractivity contribution in [1.82, 2.24) is 10.2 Å². The van der Waals surface area contributed by atoms with Crippen LogP contribution in [0, 0.1) is 5.92 Å². The van der Waals surface area contributed by atoms with Gasteiger partial charge in [0.05, 0.1) is 0 Å². The Bertz CT molecular complexity index is 260. The lowest BCUT2D eigenvalue weighted by molar-refractivity contribution is 0.0428. The van der Waals surface area contributed by atoms with Crippen molar-refractivity contribution in [1.29, 1.82) is 0 Å². The number of nitrogens with one attached hydrogen (secondary N) is 1. The molecule has 2 nitrogen and oxygen atoms in total. The average Bonchev–Trinajstić information content (AvgIpc) is 2.49. The van der Waals surface area contributed by atoms with E-state index >= 15 is 0 Å². The molecular formula is C18H36N2. The van der Waals surface area contributed by atoms with Crippen LogP contribution in [0.25, 0.3) is 0 Å². The second-order valence-corrected chi connectivity index (χ2v) is 7.14. The first-order valence-corrected chi connectivity index (χ1v) is 9.25. The molecule has 0 amide bonds. The van der Waals surface area contributed by atoms with Crippen molar-refractivity contribution in [2.24, 2.45) is 5.92 Å². The minimum atomic E-state index is 0.769. The van der Waals surface area contributed by atoms with Gasteiger partial charge in [-0.15, -0.1) is 0 Å². The van der Waals surface area contributed by atoms with Crippen molar-refractivity contribution in [3.8, 4) is 0 Å². The summed E-state index contributed by atoms with van der Waals surface area (Å²) in [7, 11) is 0. The Balaban J connectivity index is 1.87. The van der Waals surface area contributed by atoms with E-state index < -0.39 is 0 Å². The van der Waals surface area contributed by atoms with Gasteiger partial charge in [-0.1, -0.05) is 33.1 Å². The molecule has 3 atom stereocenters. The normalized spacial score (nSPS) is 31.4. The number of rotatable bonds is 6. The van der Waals surface area contributed by atoms with Gasteiger partial charge in [-0.3, -0.25) is 4.90 Å². The van der Waals surface area contributed by atoms with Gasteiger partial charge in [-0.2, -0.15) is 0 Å². The third-order valence-corrected chi connectivity index (χ3v) is 5.65. The van der Waals surface area contributed by atoms with E-state index in [2.05, 4.69) is 31.0 Å². The predicted octanol–water partition coefficient (Wildman–Crippen LogP) is 4.20. The fourth-order valence-corrected chi connectivity index (χ4v) is 4.57. The van der Waals surface area contributed by atoms with E-state index in [0.29, 0.717) is 0 Å². The lowest BCUT2D eigenvalue weighted by atomic mass is 9.80. The number of nitrogens with zero attached hydrogens (tertiary/aromatic N) is 1. The fourth-order valence-electron chi connectivity index (χ4n) is 4.57.